The van der Waals surface area contributed by atoms with Crippen molar-refractivity contribution in [1.29, 1.82) is 0 Å². The van der Waals surface area contributed by atoms with Crippen LogP contribution in [-0.2, 0) is 23.1 Å². The largest absolute Gasteiger partial charge is 0.347 e. The summed E-state index contributed by atoms with van der Waals surface area (Å²) in [4.78, 5) is 14.6. The van der Waals surface area contributed by atoms with Crippen molar-refractivity contribution in [1.82, 2.24) is 23.7 Å². The number of rotatable bonds is 7. The fourth-order valence-corrected chi connectivity index (χ4v) is 5.91. The molecular formula is C22H32N6O2S2. The van der Waals surface area contributed by atoms with Gasteiger partial charge in [0, 0.05) is 52.2 Å². The fourth-order valence-electron chi connectivity index (χ4n) is 4.13. The van der Waals surface area contributed by atoms with Crippen LogP contribution in [0.3, 0.4) is 0 Å². The summed E-state index contributed by atoms with van der Waals surface area (Å²) < 4.78 is 28.6. The molecule has 1 aliphatic heterocycles. The first-order valence-electron chi connectivity index (χ1n) is 11.1. The van der Waals surface area contributed by atoms with Gasteiger partial charge in [-0.15, -0.1) is 11.3 Å². The van der Waals surface area contributed by atoms with E-state index in [0.29, 0.717) is 0 Å². The van der Waals surface area contributed by atoms with Gasteiger partial charge in [0.1, 0.15) is 5.82 Å². The van der Waals surface area contributed by atoms with Crippen LogP contribution < -0.4 is 4.90 Å². The highest BCUT2D eigenvalue weighted by atomic mass is 32.2. The highest BCUT2D eigenvalue weighted by molar-refractivity contribution is 7.89. The van der Waals surface area contributed by atoms with E-state index in [9.17, 15) is 8.42 Å². The quantitative estimate of drug-likeness (QED) is 0.521. The van der Waals surface area contributed by atoms with Crippen LogP contribution in [0, 0.1) is 6.92 Å². The average molecular weight is 477 g/mol. The zero-order valence-electron chi connectivity index (χ0n) is 19.3. The van der Waals surface area contributed by atoms with Crippen LogP contribution in [0.4, 0.5) is 5.13 Å². The maximum absolute atomic E-state index is 12.6. The van der Waals surface area contributed by atoms with Crippen molar-refractivity contribution in [3.63, 3.8) is 0 Å². The van der Waals surface area contributed by atoms with E-state index in [1.165, 1.54) is 4.31 Å². The van der Waals surface area contributed by atoms with Crippen molar-refractivity contribution in [2.75, 3.05) is 45.2 Å². The summed E-state index contributed by atoms with van der Waals surface area (Å²) in [6.45, 7) is 9.74. The van der Waals surface area contributed by atoms with E-state index in [1.807, 2.05) is 13.0 Å². The minimum absolute atomic E-state index is 0.284. The lowest BCUT2D eigenvalue weighted by Gasteiger charge is -2.21. The van der Waals surface area contributed by atoms with E-state index in [-0.39, 0.29) is 4.90 Å². The fraction of sp³-hybridized carbons (Fsp3) is 0.545. The van der Waals surface area contributed by atoms with E-state index >= 15 is 0 Å². The second-order valence-electron chi connectivity index (χ2n) is 8.51. The van der Waals surface area contributed by atoms with Gasteiger partial charge in [0.15, 0.2) is 5.13 Å². The highest BCUT2D eigenvalue weighted by Crippen LogP contribution is 2.25. The molecule has 0 aliphatic carbocycles. The molecule has 3 heterocycles. The Bertz CT molecular complexity index is 1180. The van der Waals surface area contributed by atoms with Crippen molar-refractivity contribution < 1.29 is 8.42 Å². The van der Waals surface area contributed by atoms with Gasteiger partial charge in [-0.1, -0.05) is 6.92 Å². The van der Waals surface area contributed by atoms with Crippen molar-refractivity contribution in [2.24, 2.45) is 0 Å². The third kappa shape index (κ3) is 4.68. The third-order valence-corrected chi connectivity index (χ3v) is 8.69. The number of nitrogens with zero attached hydrogens (tertiary/aromatic N) is 6. The molecule has 0 atom stereocenters. The first-order chi connectivity index (χ1) is 15.3. The van der Waals surface area contributed by atoms with Gasteiger partial charge in [0.25, 0.3) is 0 Å². The Morgan fingerprint density at radius 3 is 2.62 bits per heavy atom. The van der Waals surface area contributed by atoms with Gasteiger partial charge in [-0.3, -0.25) is 4.90 Å². The molecule has 0 amide bonds. The molecule has 32 heavy (non-hydrogen) atoms. The number of imidazole rings is 1. The van der Waals surface area contributed by atoms with E-state index in [4.69, 9.17) is 4.98 Å². The summed E-state index contributed by atoms with van der Waals surface area (Å²) in [7, 11) is -0.380. The van der Waals surface area contributed by atoms with Crippen molar-refractivity contribution >= 4 is 37.5 Å². The number of aromatic nitrogens is 3. The molecule has 0 saturated carbocycles. The third-order valence-electron chi connectivity index (χ3n) is 5.86. The SMILES string of the molecule is CCCn1c(CN2CCCN(c3nc(C)cs3)CC2)nc2cc(S(=O)(=O)N(C)C)ccc21. The molecule has 8 nitrogen and oxygen atoms in total. The van der Waals surface area contributed by atoms with Crippen LogP contribution in [0.15, 0.2) is 28.5 Å². The van der Waals surface area contributed by atoms with Gasteiger partial charge in [-0.25, -0.2) is 22.7 Å². The van der Waals surface area contributed by atoms with E-state index in [2.05, 4.69) is 31.7 Å². The molecule has 0 unspecified atom stereocenters. The van der Waals surface area contributed by atoms with Gasteiger partial charge >= 0.3 is 0 Å². The monoisotopic (exact) mass is 476 g/mol. The molecule has 1 aromatic carbocycles. The Labute approximate surface area is 194 Å². The second kappa shape index (κ2) is 9.46. The molecule has 4 rings (SSSR count). The normalized spacial score (nSPS) is 16.2. The zero-order chi connectivity index (χ0) is 22.9. The molecule has 2 aromatic heterocycles. The Kier molecular flexibility index (Phi) is 6.85. The number of fused-ring (bicyclic) bond motifs is 1. The molecule has 0 bridgehead atoms. The van der Waals surface area contributed by atoms with E-state index < -0.39 is 10.0 Å². The second-order valence-corrected chi connectivity index (χ2v) is 11.5. The molecule has 0 radical (unpaired) electrons. The first-order valence-corrected chi connectivity index (χ1v) is 13.4. The first kappa shape index (κ1) is 23.2. The van der Waals surface area contributed by atoms with Crippen molar-refractivity contribution in [2.45, 2.75) is 44.7 Å². The Morgan fingerprint density at radius 1 is 1.12 bits per heavy atom. The van der Waals surface area contributed by atoms with Crippen LogP contribution >= 0.6 is 11.3 Å². The summed E-state index contributed by atoms with van der Waals surface area (Å²) >= 11 is 1.72. The number of sulfonamides is 1. The molecule has 0 N–H and O–H groups in total. The van der Waals surface area contributed by atoms with Crippen LogP contribution in [0.2, 0.25) is 0 Å². The minimum Gasteiger partial charge on any atom is -0.347 e. The van der Waals surface area contributed by atoms with Gasteiger partial charge in [-0.05, 0) is 38.0 Å². The summed E-state index contributed by atoms with van der Waals surface area (Å²) in [6, 6.07) is 5.29. The summed E-state index contributed by atoms with van der Waals surface area (Å²) in [5.74, 6) is 1.000. The number of benzene rings is 1. The smallest absolute Gasteiger partial charge is 0.242 e. The van der Waals surface area contributed by atoms with Gasteiger partial charge in [-0.2, -0.15) is 0 Å². The maximum atomic E-state index is 12.6. The number of thiazole rings is 1. The number of hydrogen-bond donors (Lipinski definition) is 0. The van der Waals surface area contributed by atoms with Crippen LogP contribution in [0.5, 0.6) is 0 Å². The Hall–Kier alpha value is -2.01. The standard InChI is InChI=1S/C22H32N6O2S2/c1-5-9-28-20-8-7-18(32(29,30)25(3)4)14-19(20)24-21(28)15-26-10-6-11-27(13-12-26)22-23-17(2)16-31-22/h7-8,14,16H,5-6,9-13,15H2,1-4H3. The molecule has 3 aromatic rings. The van der Waals surface area contributed by atoms with Gasteiger partial charge in [0.05, 0.1) is 28.2 Å². The summed E-state index contributed by atoms with van der Waals surface area (Å²) in [6.07, 6.45) is 2.07. The molecule has 1 fully saturated rings. The average Bonchev–Trinajstić information content (AvgIpc) is 3.24. The lowest BCUT2D eigenvalue weighted by atomic mass is 10.3. The lowest BCUT2D eigenvalue weighted by Crippen LogP contribution is -2.31. The Morgan fingerprint density at radius 2 is 1.94 bits per heavy atom. The molecule has 174 valence electrons. The van der Waals surface area contributed by atoms with Crippen molar-refractivity contribution in [3.8, 4) is 0 Å². The van der Waals surface area contributed by atoms with Crippen LogP contribution in [0.25, 0.3) is 11.0 Å². The van der Waals surface area contributed by atoms with E-state index in [1.54, 1.807) is 37.6 Å². The van der Waals surface area contributed by atoms with E-state index in [0.717, 1.165) is 79.8 Å². The predicted octanol–water partition coefficient (Wildman–Crippen LogP) is 3.17. The number of anilines is 1. The minimum atomic E-state index is -3.48. The molecule has 1 aliphatic rings. The number of aryl methyl sites for hydroxylation is 2. The zero-order valence-corrected chi connectivity index (χ0v) is 20.9. The maximum Gasteiger partial charge on any atom is 0.242 e. The molecule has 1 saturated heterocycles. The lowest BCUT2D eigenvalue weighted by molar-refractivity contribution is 0.274. The topological polar surface area (TPSA) is 74.6 Å². The van der Waals surface area contributed by atoms with Crippen LogP contribution in [-0.4, -0.2) is 72.4 Å². The van der Waals surface area contributed by atoms with Crippen molar-refractivity contribution in [3.05, 3.63) is 35.1 Å². The summed E-state index contributed by atoms with van der Waals surface area (Å²) in [5.41, 5.74) is 2.82. The van der Waals surface area contributed by atoms with Gasteiger partial charge < -0.3 is 9.47 Å². The predicted molar refractivity (Wildman–Crippen MR) is 130 cm³/mol. The highest BCUT2D eigenvalue weighted by Gasteiger charge is 2.22. The van der Waals surface area contributed by atoms with Gasteiger partial charge in [0.2, 0.25) is 10.0 Å². The Balaban J connectivity index is 1.57. The molecular weight excluding hydrogens is 444 g/mol. The number of hydrogen-bond acceptors (Lipinski definition) is 7. The molecule has 10 heteroatoms. The molecule has 0 spiro atoms. The summed E-state index contributed by atoms with van der Waals surface area (Å²) in [5, 5.41) is 3.22. The van der Waals surface area contributed by atoms with Crippen LogP contribution in [0.1, 0.15) is 31.3 Å².